The highest BCUT2D eigenvalue weighted by Crippen LogP contribution is 2.32. The molecule has 2 aromatic carbocycles. The summed E-state index contributed by atoms with van der Waals surface area (Å²) in [7, 11) is 0. The fourth-order valence-corrected chi connectivity index (χ4v) is 3.53. The van der Waals surface area contributed by atoms with Gasteiger partial charge in [-0.3, -0.25) is 4.79 Å². The Morgan fingerprint density at radius 2 is 1.83 bits per heavy atom. The molecule has 0 saturated carbocycles. The lowest BCUT2D eigenvalue weighted by Gasteiger charge is -2.05. The summed E-state index contributed by atoms with van der Waals surface area (Å²) in [5, 5.41) is 1.47. The minimum absolute atomic E-state index is 0.0918. The molecule has 1 aliphatic rings. The van der Waals surface area contributed by atoms with Crippen molar-refractivity contribution in [2.75, 3.05) is 0 Å². The Bertz CT molecular complexity index is 1030. The summed E-state index contributed by atoms with van der Waals surface area (Å²) < 4.78 is 0. The summed E-state index contributed by atoms with van der Waals surface area (Å²) >= 11 is 6.38. The van der Waals surface area contributed by atoms with Crippen molar-refractivity contribution in [2.45, 2.75) is 20.3 Å². The van der Waals surface area contributed by atoms with E-state index in [9.17, 15) is 4.79 Å². The molecular formula is C21H16ClNO. The normalized spacial score (nSPS) is 15.3. The summed E-state index contributed by atoms with van der Waals surface area (Å²) in [6.07, 6.45) is 2.54. The number of allylic oxidation sites excluding steroid dienone is 1. The fraction of sp³-hybridized carbons (Fsp3) is 0.143. The zero-order valence-corrected chi connectivity index (χ0v) is 14.3. The average molecular weight is 334 g/mol. The summed E-state index contributed by atoms with van der Waals surface area (Å²) in [6.45, 7) is 4.06. The molecule has 1 aliphatic carbocycles. The van der Waals surface area contributed by atoms with Crippen LogP contribution in [0.5, 0.6) is 0 Å². The Kier molecular flexibility index (Phi) is 3.50. The number of carbonyl (C=O) groups excluding carboxylic acids is 1. The summed E-state index contributed by atoms with van der Waals surface area (Å²) in [4.78, 5) is 17.2. The molecule has 0 unspecified atom stereocenters. The molecule has 0 bridgehead atoms. The number of hydrogen-bond donors (Lipinski definition) is 0. The summed E-state index contributed by atoms with van der Waals surface area (Å²) in [5.74, 6) is 0.0918. The van der Waals surface area contributed by atoms with E-state index in [1.807, 2.05) is 62.4 Å². The van der Waals surface area contributed by atoms with Crippen LogP contribution in [0.25, 0.3) is 17.0 Å². The van der Waals surface area contributed by atoms with Crippen molar-refractivity contribution in [1.82, 2.24) is 4.98 Å². The van der Waals surface area contributed by atoms with Crippen LogP contribution < -0.4 is 0 Å². The van der Waals surface area contributed by atoms with Gasteiger partial charge in [0.25, 0.3) is 0 Å². The second kappa shape index (κ2) is 5.57. The molecule has 3 heteroatoms. The number of ketones is 1. The smallest absolute Gasteiger partial charge is 0.189 e. The molecule has 118 valence electrons. The number of fused-ring (bicyclic) bond motifs is 2. The first-order chi connectivity index (χ1) is 11.5. The van der Waals surface area contributed by atoms with Gasteiger partial charge >= 0.3 is 0 Å². The first-order valence-electron chi connectivity index (χ1n) is 7.94. The molecule has 0 spiro atoms. The van der Waals surface area contributed by atoms with E-state index in [-0.39, 0.29) is 5.78 Å². The predicted octanol–water partition coefficient (Wildman–Crippen LogP) is 5.33. The van der Waals surface area contributed by atoms with Crippen LogP contribution in [-0.2, 0) is 6.42 Å². The Morgan fingerprint density at radius 1 is 1.08 bits per heavy atom. The highest BCUT2D eigenvalue weighted by atomic mass is 35.5. The van der Waals surface area contributed by atoms with Gasteiger partial charge in [0, 0.05) is 28.5 Å². The van der Waals surface area contributed by atoms with Gasteiger partial charge in [-0.25, -0.2) is 4.98 Å². The second-order valence-corrected chi connectivity index (χ2v) is 6.65. The lowest BCUT2D eigenvalue weighted by atomic mass is 10.0. The molecule has 0 amide bonds. The first kappa shape index (κ1) is 15.1. The van der Waals surface area contributed by atoms with Crippen molar-refractivity contribution in [3.63, 3.8) is 0 Å². The molecule has 3 aromatic rings. The summed E-state index contributed by atoms with van der Waals surface area (Å²) in [5.41, 5.74) is 6.65. The predicted molar refractivity (Wildman–Crippen MR) is 98.7 cm³/mol. The van der Waals surface area contributed by atoms with E-state index >= 15 is 0 Å². The van der Waals surface area contributed by atoms with Crippen molar-refractivity contribution in [2.24, 2.45) is 0 Å². The van der Waals surface area contributed by atoms with Gasteiger partial charge in [-0.1, -0.05) is 48.0 Å². The molecule has 4 rings (SSSR count). The third-order valence-corrected chi connectivity index (χ3v) is 4.97. The minimum Gasteiger partial charge on any atom is -0.289 e. The van der Waals surface area contributed by atoms with Gasteiger partial charge in [0.05, 0.1) is 5.52 Å². The van der Waals surface area contributed by atoms with Crippen LogP contribution in [-0.4, -0.2) is 10.8 Å². The van der Waals surface area contributed by atoms with Gasteiger partial charge in [0.15, 0.2) is 5.78 Å². The molecular weight excluding hydrogens is 318 g/mol. The zero-order chi connectivity index (χ0) is 16.8. The molecule has 1 aromatic heterocycles. The average Bonchev–Trinajstić information content (AvgIpc) is 2.87. The van der Waals surface area contributed by atoms with E-state index in [4.69, 9.17) is 11.6 Å². The number of Topliss-reactive ketones (excluding diaryl/α,β-unsaturated/α-hetero) is 1. The van der Waals surface area contributed by atoms with Crippen molar-refractivity contribution < 1.29 is 4.79 Å². The number of benzene rings is 2. The number of aromatic nitrogens is 1. The van der Waals surface area contributed by atoms with Gasteiger partial charge in [-0.05, 0) is 42.7 Å². The van der Waals surface area contributed by atoms with Crippen molar-refractivity contribution >= 4 is 34.4 Å². The largest absolute Gasteiger partial charge is 0.289 e. The van der Waals surface area contributed by atoms with Gasteiger partial charge in [-0.2, -0.15) is 0 Å². The van der Waals surface area contributed by atoms with Gasteiger partial charge in [0.1, 0.15) is 5.15 Å². The van der Waals surface area contributed by atoms with Crippen molar-refractivity contribution in [3.8, 4) is 0 Å². The minimum atomic E-state index is 0.0918. The number of rotatable bonds is 1. The molecule has 0 fully saturated rings. The second-order valence-electron chi connectivity index (χ2n) is 6.29. The monoisotopic (exact) mass is 333 g/mol. The number of hydrogen-bond acceptors (Lipinski definition) is 2. The highest BCUT2D eigenvalue weighted by molar-refractivity contribution is 6.31. The lowest BCUT2D eigenvalue weighted by Crippen LogP contribution is -1.96. The van der Waals surface area contributed by atoms with Crippen LogP contribution >= 0.6 is 11.6 Å². The third kappa shape index (κ3) is 2.35. The van der Waals surface area contributed by atoms with Crippen LogP contribution in [0.2, 0.25) is 5.15 Å². The molecule has 1 heterocycles. The van der Waals surface area contributed by atoms with Crippen LogP contribution in [0.4, 0.5) is 0 Å². The number of carbonyl (C=O) groups is 1. The maximum Gasteiger partial charge on any atom is 0.189 e. The van der Waals surface area contributed by atoms with Crippen LogP contribution in [0, 0.1) is 13.8 Å². The lowest BCUT2D eigenvalue weighted by molar-refractivity contribution is 0.104. The number of para-hydroxylation sites is 1. The number of nitrogens with zero attached hydrogens (tertiary/aromatic N) is 1. The molecule has 24 heavy (non-hydrogen) atoms. The Morgan fingerprint density at radius 3 is 2.62 bits per heavy atom. The number of halogens is 1. The van der Waals surface area contributed by atoms with E-state index in [2.05, 4.69) is 4.98 Å². The topological polar surface area (TPSA) is 30.0 Å². The zero-order valence-electron chi connectivity index (χ0n) is 13.6. The standard InChI is InChI=1S/C21H16ClNO/c1-12-5-4-8-17-18(12)11-15(20(17)24)10-16-9-14-7-3-6-13(2)19(14)23-21(16)22/h3-10H,11H2,1-2H3/b15-10+. The van der Waals surface area contributed by atoms with E-state index in [1.165, 1.54) is 0 Å². The maximum absolute atomic E-state index is 12.7. The Labute approximate surface area is 145 Å². The van der Waals surface area contributed by atoms with Crippen LogP contribution in [0.1, 0.15) is 32.6 Å². The molecule has 0 aliphatic heterocycles. The van der Waals surface area contributed by atoms with Crippen LogP contribution in [0.15, 0.2) is 48.0 Å². The molecule has 0 saturated heterocycles. The van der Waals surface area contributed by atoms with E-state index in [0.717, 1.165) is 44.3 Å². The Balaban J connectivity index is 1.83. The van der Waals surface area contributed by atoms with Crippen molar-refractivity contribution in [3.05, 3.63) is 81.0 Å². The van der Waals surface area contributed by atoms with Gasteiger partial charge in [0.2, 0.25) is 0 Å². The molecule has 0 N–H and O–H groups in total. The fourth-order valence-electron chi connectivity index (χ4n) is 3.34. The Hall–Kier alpha value is -2.45. The molecule has 0 radical (unpaired) electrons. The molecule has 2 nitrogen and oxygen atoms in total. The SMILES string of the molecule is Cc1cccc2c1C/C(=C\c1cc3cccc(C)c3nc1Cl)C2=O. The van der Waals surface area contributed by atoms with Gasteiger partial charge in [-0.15, -0.1) is 0 Å². The number of aryl methyl sites for hydroxylation is 2. The van der Waals surface area contributed by atoms with Crippen LogP contribution in [0.3, 0.4) is 0 Å². The quantitative estimate of drug-likeness (QED) is 0.445. The van der Waals surface area contributed by atoms with Crippen molar-refractivity contribution in [1.29, 1.82) is 0 Å². The first-order valence-corrected chi connectivity index (χ1v) is 8.32. The van der Waals surface area contributed by atoms with E-state index in [1.54, 1.807) is 0 Å². The highest BCUT2D eigenvalue weighted by Gasteiger charge is 2.26. The maximum atomic E-state index is 12.7. The third-order valence-electron chi connectivity index (χ3n) is 4.67. The number of pyridine rings is 1. The van der Waals surface area contributed by atoms with Gasteiger partial charge < -0.3 is 0 Å². The van der Waals surface area contributed by atoms with E-state index < -0.39 is 0 Å². The van der Waals surface area contributed by atoms with E-state index in [0.29, 0.717) is 11.6 Å². The molecule has 0 atom stereocenters. The summed E-state index contributed by atoms with van der Waals surface area (Å²) in [6, 6.07) is 13.9.